The average molecular weight is 435 g/mol. The summed E-state index contributed by atoms with van der Waals surface area (Å²) in [7, 11) is -3.98. The SMILES string of the molecule is Cc1ccc(S(=O)(=O)OCC2Oc3cc(F)cc(-c4cccc(Cl)c4)c3O2)cc1. The molecule has 8 heteroatoms. The maximum Gasteiger partial charge on any atom is 0.297 e. The van der Waals surface area contributed by atoms with Crippen molar-refractivity contribution >= 4 is 21.7 Å². The molecule has 1 aliphatic heterocycles. The van der Waals surface area contributed by atoms with Gasteiger partial charge in [-0.25, -0.2) is 4.39 Å². The van der Waals surface area contributed by atoms with Gasteiger partial charge >= 0.3 is 0 Å². The normalized spacial score (nSPS) is 15.5. The highest BCUT2D eigenvalue weighted by molar-refractivity contribution is 7.86. The van der Waals surface area contributed by atoms with Crippen molar-refractivity contribution in [1.29, 1.82) is 0 Å². The van der Waals surface area contributed by atoms with Gasteiger partial charge in [0.1, 0.15) is 12.4 Å². The fourth-order valence-electron chi connectivity index (χ4n) is 2.93. The molecular weight excluding hydrogens is 419 g/mol. The number of fused-ring (bicyclic) bond motifs is 1. The van der Waals surface area contributed by atoms with Gasteiger partial charge in [0, 0.05) is 16.7 Å². The number of hydrogen-bond acceptors (Lipinski definition) is 5. The summed E-state index contributed by atoms with van der Waals surface area (Å²) in [5, 5.41) is 0.489. The van der Waals surface area contributed by atoms with Crippen LogP contribution < -0.4 is 9.47 Å². The van der Waals surface area contributed by atoms with Gasteiger partial charge in [-0.1, -0.05) is 41.4 Å². The molecule has 5 nitrogen and oxygen atoms in total. The first-order valence-corrected chi connectivity index (χ1v) is 10.5. The van der Waals surface area contributed by atoms with Gasteiger partial charge in [0.25, 0.3) is 16.4 Å². The van der Waals surface area contributed by atoms with Crippen LogP contribution in [0.5, 0.6) is 11.5 Å². The molecule has 0 aromatic heterocycles. The Morgan fingerprint density at radius 3 is 2.55 bits per heavy atom. The molecule has 0 bridgehead atoms. The molecule has 0 amide bonds. The van der Waals surface area contributed by atoms with E-state index in [4.69, 9.17) is 25.3 Å². The number of rotatable bonds is 5. The van der Waals surface area contributed by atoms with Gasteiger partial charge in [0.05, 0.1) is 4.90 Å². The van der Waals surface area contributed by atoms with Crippen molar-refractivity contribution in [2.75, 3.05) is 6.61 Å². The Balaban J connectivity index is 1.53. The van der Waals surface area contributed by atoms with Crippen molar-refractivity contribution in [2.24, 2.45) is 0 Å². The van der Waals surface area contributed by atoms with Crippen molar-refractivity contribution in [3.05, 3.63) is 77.1 Å². The number of hydrogen-bond donors (Lipinski definition) is 0. The van der Waals surface area contributed by atoms with Gasteiger partial charge in [-0.15, -0.1) is 0 Å². The predicted molar refractivity (Wildman–Crippen MR) is 106 cm³/mol. The third-order valence-electron chi connectivity index (χ3n) is 4.33. The summed E-state index contributed by atoms with van der Waals surface area (Å²) in [6.45, 7) is 1.47. The molecular formula is C21H16ClFO5S. The van der Waals surface area contributed by atoms with Crippen molar-refractivity contribution in [3.8, 4) is 22.6 Å². The lowest BCUT2D eigenvalue weighted by Gasteiger charge is -2.11. The van der Waals surface area contributed by atoms with Crippen molar-refractivity contribution < 1.29 is 26.5 Å². The molecule has 1 heterocycles. The van der Waals surface area contributed by atoms with Crippen LogP contribution in [-0.2, 0) is 14.3 Å². The Bertz CT molecular complexity index is 1160. The Hall–Kier alpha value is -2.61. The van der Waals surface area contributed by atoms with Crippen LogP contribution in [0.1, 0.15) is 5.56 Å². The zero-order chi connectivity index (χ0) is 20.6. The molecule has 0 spiro atoms. The van der Waals surface area contributed by atoms with Crippen LogP contribution in [0.15, 0.2) is 65.6 Å². The van der Waals surface area contributed by atoms with E-state index >= 15 is 0 Å². The largest absolute Gasteiger partial charge is 0.448 e. The lowest BCUT2D eigenvalue weighted by atomic mass is 10.0. The predicted octanol–water partition coefficient (Wildman–Crippen LogP) is 4.96. The molecule has 29 heavy (non-hydrogen) atoms. The second-order valence-corrected chi connectivity index (χ2v) is 8.56. The molecule has 150 valence electrons. The van der Waals surface area contributed by atoms with Gasteiger partial charge in [-0.05, 0) is 42.8 Å². The van der Waals surface area contributed by atoms with E-state index in [1.165, 1.54) is 24.3 Å². The minimum atomic E-state index is -3.98. The highest BCUT2D eigenvalue weighted by Gasteiger charge is 2.30. The van der Waals surface area contributed by atoms with Crippen LogP contribution >= 0.6 is 11.6 Å². The van der Waals surface area contributed by atoms with Gasteiger partial charge in [-0.3, -0.25) is 4.18 Å². The number of halogens is 2. The fourth-order valence-corrected chi connectivity index (χ4v) is 4.02. The minimum absolute atomic E-state index is 0.0317. The Kier molecular flexibility index (Phi) is 5.21. The smallest absolute Gasteiger partial charge is 0.297 e. The van der Waals surface area contributed by atoms with Gasteiger partial charge in [0.15, 0.2) is 11.5 Å². The molecule has 4 rings (SSSR count). The molecule has 0 radical (unpaired) electrons. The molecule has 3 aromatic carbocycles. The van der Waals surface area contributed by atoms with E-state index in [1.54, 1.807) is 36.4 Å². The van der Waals surface area contributed by atoms with E-state index in [-0.39, 0.29) is 17.3 Å². The zero-order valence-corrected chi connectivity index (χ0v) is 16.8. The molecule has 0 fully saturated rings. The molecule has 0 saturated carbocycles. The lowest BCUT2D eigenvalue weighted by molar-refractivity contribution is 0.00988. The van der Waals surface area contributed by atoms with Crippen molar-refractivity contribution in [1.82, 2.24) is 0 Å². The van der Waals surface area contributed by atoms with Gasteiger partial charge < -0.3 is 9.47 Å². The van der Waals surface area contributed by atoms with Crippen LogP contribution in [0.25, 0.3) is 11.1 Å². The third-order valence-corrected chi connectivity index (χ3v) is 5.86. The van der Waals surface area contributed by atoms with E-state index in [1.807, 2.05) is 6.92 Å². The number of aryl methyl sites for hydroxylation is 1. The second kappa shape index (κ2) is 7.67. The van der Waals surface area contributed by atoms with Crippen molar-refractivity contribution in [3.63, 3.8) is 0 Å². The standard InChI is InChI=1S/C21H16ClFO5S/c1-13-5-7-17(8-6-13)29(24,25)26-12-20-27-19-11-16(23)10-18(21(19)28-20)14-3-2-4-15(22)9-14/h2-11,20H,12H2,1H3. The van der Waals surface area contributed by atoms with Gasteiger partial charge in [0.2, 0.25) is 0 Å². The van der Waals surface area contributed by atoms with Crippen LogP contribution in [0.3, 0.4) is 0 Å². The lowest BCUT2D eigenvalue weighted by Crippen LogP contribution is -2.26. The van der Waals surface area contributed by atoms with Crippen molar-refractivity contribution in [2.45, 2.75) is 18.1 Å². The monoisotopic (exact) mass is 434 g/mol. The first-order chi connectivity index (χ1) is 13.8. The molecule has 3 aromatic rings. The van der Waals surface area contributed by atoms with E-state index in [0.29, 0.717) is 21.9 Å². The first-order valence-electron chi connectivity index (χ1n) is 8.71. The van der Waals surface area contributed by atoms with Crippen LogP contribution in [0.2, 0.25) is 5.02 Å². The molecule has 0 N–H and O–H groups in total. The summed E-state index contributed by atoms with van der Waals surface area (Å²) in [5.74, 6) is -0.0486. The quantitative estimate of drug-likeness (QED) is 0.531. The van der Waals surface area contributed by atoms with E-state index in [0.717, 1.165) is 5.56 Å². The maximum absolute atomic E-state index is 14.1. The third kappa shape index (κ3) is 4.22. The summed E-state index contributed by atoms with van der Waals surface area (Å²) < 4.78 is 55.1. The summed E-state index contributed by atoms with van der Waals surface area (Å²) in [4.78, 5) is 0.0317. The average Bonchev–Trinajstić information content (AvgIpc) is 3.09. The maximum atomic E-state index is 14.1. The highest BCUT2D eigenvalue weighted by Crippen LogP contribution is 2.44. The second-order valence-electron chi connectivity index (χ2n) is 6.51. The van der Waals surface area contributed by atoms with E-state index in [9.17, 15) is 12.8 Å². The molecule has 1 unspecified atom stereocenters. The summed E-state index contributed by atoms with van der Waals surface area (Å²) in [6.07, 6.45) is -1.04. The van der Waals surface area contributed by atoms with Crippen LogP contribution in [0.4, 0.5) is 4.39 Å². The number of benzene rings is 3. The summed E-state index contributed by atoms with van der Waals surface area (Å²) >= 11 is 6.03. The Labute approximate surface area is 172 Å². The Morgan fingerprint density at radius 1 is 1.07 bits per heavy atom. The minimum Gasteiger partial charge on any atom is -0.448 e. The molecule has 1 atom stereocenters. The summed E-state index contributed by atoms with van der Waals surface area (Å²) in [5.41, 5.74) is 2.02. The zero-order valence-electron chi connectivity index (χ0n) is 15.3. The number of ether oxygens (including phenoxy) is 2. The van der Waals surface area contributed by atoms with Crippen LogP contribution in [-0.4, -0.2) is 21.3 Å². The van der Waals surface area contributed by atoms with E-state index in [2.05, 4.69) is 0 Å². The Morgan fingerprint density at radius 2 is 1.83 bits per heavy atom. The summed E-state index contributed by atoms with van der Waals surface area (Å²) in [6, 6.07) is 15.6. The van der Waals surface area contributed by atoms with Crippen LogP contribution in [0, 0.1) is 12.7 Å². The topological polar surface area (TPSA) is 61.8 Å². The molecule has 0 aliphatic carbocycles. The fraction of sp³-hybridized carbons (Fsp3) is 0.143. The molecule has 0 saturated heterocycles. The van der Waals surface area contributed by atoms with E-state index < -0.39 is 22.2 Å². The molecule has 1 aliphatic rings. The first kappa shape index (κ1) is 19.7. The van der Waals surface area contributed by atoms with Gasteiger partial charge in [-0.2, -0.15) is 8.42 Å². The highest BCUT2D eigenvalue weighted by atomic mass is 35.5.